The molecular weight excluding hydrogens is 387 g/mol. The molecule has 0 aliphatic carbocycles. The highest BCUT2D eigenvalue weighted by atomic mass is 19.1. The molecule has 0 bridgehead atoms. The van der Waals surface area contributed by atoms with Gasteiger partial charge in [-0.1, -0.05) is 54.6 Å². The van der Waals surface area contributed by atoms with E-state index in [1.54, 1.807) is 6.07 Å². The minimum Gasteiger partial charge on any atom is -0.369 e. The first-order valence-electron chi connectivity index (χ1n) is 11.0. The number of hydrogen-bond donors (Lipinski definition) is 0. The number of rotatable bonds is 8. The summed E-state index contributed by atoms with van der Waals surface area (Å²) in [6.07, 6.45) is 3.87. The molecule has 0 amide bonds. The smallest absolute Gasteiger partial charge is 0.126 e. The first kappa shape index (κ1) is 21.1. The lowest BCUT2D eigenvalue weighted by Gasteiger charge is -2.36. The van der Waals surface area contributed by atoms with Gasteiger partial charge >= 0.3 is 0 Å². The summed E-state index contributed by atoms with van der Waals surface area (Å²) in [6, 6.07) is 22.5. The number of benzene rings is 3. The summed E-state index contributed by atoms with van der Waals surface area (Å²) in [5, 5.41) is 0. The molecule has 160 valence electrons. The summed E-state index contributed by atoms with van der Waals surface area (Å²) >= 11 is 0. The average molecular weight is 417 g/mol. The third-order valence-electron chi connectivity index (χ3n) is 5.98. The molecule has 0 saturated heterocycles. The highest BCUT2D eigenvalue weighted by Gasteiger charge is 2.22. The zero-order valence-corrected chi connectivity index (χ0v) is 18.1. The summed E-state index contributed by atoms with van der Waals surface area (Å²) in [5.74, 6) is -0.228. The molecule has 0 N–H and O–H groups in total. The molecule has 0 fully saturated rings. The number of carbonyl (C=O) groups is 1. The van der Waals surface area contributed by atoms with E-state index in [0.29, 0.717) is 24.9 Å². The van der Waals surface area contributed by atoms with Crippen LogP contribution in [0.3, 0.4) is 0 Å². The standard InChI is InChI=1S/C27H29FN2O/c1-29(19-22-14-15-23(12-7-17-31)25(28)18-22)26-13-5-10-24-11-6-16-30(27(24)26)20-21-8-3-2-4-9-21/h2-5,8-10,13-15,17-18H,6-7,11-12,16,19-20H2,1H3. The maximum atomic E-state index is 14.5. The Labute approximate surface area is 184 Å². The summed E-state index contributed by atoms with van der Waals surface area (Å²) in [6.45, 7) is 2.55. The largest absolute Gasteiger partial charge is 0.369 e. The average Bonchev–Trinajstić information content (AvgIpc) is 2.79. The fraction of sp³-hybridized carbons (Fsp3) is 0.296. The molecule has 1 aliphatic heterocycles. The highest BCUT2D eigenvalue weighted by Crippen LogP contribution is 2.38. The number of para-hydroxylation sites is 1. The summed E-state index contributed by atoms with van der Waals surface area (Å²) in [5.41, 5.74) is 6.69. The number of anilines is 2. The van der Waals surface area contributed by atoms with Gasteiger partial charge in [-0.15, -0.1) is 0 Å². The van der Waals surface area contributed by atoms with Crippen molar-refractivity contribution in [3.8, 4) is 0 Å². The normalized spacial score (nSPS) is 13.0. The van der Waals surface area contributed by atoms with Crippen LogP contribution in [0.4, 0.5) is 15.8 Å². The maximum Gasteiger partial charge on any atom is 0.126 e. The Morgan fingerprint density at radius 2 is 1.87 bits per heavy atom. The van der Waals surface area contributed by atoms with E-state index in [9.17, 15) is 9.18 Å². The third-order valence-corrected chi connectivity index (χ3v) is 5.98. The molecule has 4 rings (SSSR count). The van der Waals surface area contributed by atoms with Gasteiger partial charge in [-0.25, -0.2) is 4.39 Å². The van der Waals surface area contributed by atoms with Crippen LogP contribution in [0.15, 0.2) is 66.7 Å². The molecule has 0 atom stereocenters. The molecule has 0 saturated carbocycles. The van der Waals surface area contributed by atoms with Gasteiger partial charge in [0.1, 0.15) is 12.1 Å². The van der Waals surface area contributed by atoms with Crippen molar-refractivity contribution in [2.75, 3.05) is 23.4 Å². The van der Waals surface area contributed by atoms with Crippen molar-refractivity contribution < 1.29 is 9.18 Å². The van der Waals surface area contributed by atoms with E-state index < -0.39 is 0 Å². The van der Waals surface area contributed by atoms with Crippen molar-refractivity contribution in [1.29, 1.82) is 0 Å². The Kier molecular flexibility index (Phi) is 6.66. The molecule has 4 heteroatoms. The Hall–Kier alpha value is -3.14. The van der Waals surface area contributed by atoms with Crippen LogP contribution in [0.2, 0.25) is 0 Å². The molecule has 0 unspecified atom stereocenters. The molecule has 1 heterocycles. The topological polar surface area (TPSA) is 23.6 Å². The number of aldehydes is 1. The molecule has 0 aromatic heterocycles. The summed E-state index contributed by atoms with van der Waals surface area (Å²) in [7, 11) is 2.07. The lowest BCUT2D eigenvalue weighted by molar-refractivity contribution is -0.107. The maximum absolute atomic E-state index is 14.5. The fourth-order valence-corrected chi connectivity index (χ4v) is 4.45. The van der Waals surface area contributed by atoms with Gasteiger partial charge in [-0.2, -0.15) is 0 Å². The van der Waals surface area contributed by atoms with Crippen molar-refractivity contribution in [1.82, 2.24) is 0 Å². The number of halogens is 1. The molecular formula is C27H29FN2O. The van der Waals surface area contributed by atoms with Crippen molar-refractivity contribution in [2.45, 2.75) is 38.8 Å². The van der Waals surface area contributed by atoms with Crippen LogP contribution in [-0.2, 0) is 30.7 Å². The molecule has 3 aromatic rings. The number of carbonyl (C=O) groups excluding carboxylic acids is 1. The second kappa shape index (κ2) is 9.78. The number of hydrogen-bond acceptors (Lipinski definition) is 3. The fourth-order valence-electron chi connectivity index (χ4n) is 4.45. The lowest BCUT2D eigenvalue weighted by atomic mass is 9.99. The molecule has 1 aliphatic rings. The molecule has 3 nitrogen and oxygen atoms in total. The van der Waals surface area contributed by atoms with E-state index in [1.165, 1.54) is 22.5 Å². The summed E-state index contributed by atoms with van der Waals surface area (Å²) in [4.78, 5) is 15.3. The van der Waals surface area contributed by atoms with Gasteiger partial charge in [-0.05, 0) is 53.6 Å². The monoisotopic (exact) mass is 416 g/mol. The van der Waals surface area contributed by atoms with E-state index in [2.05, 4.69) is 65.4 Å². The Morgan fingerprint density at radius 3 is 2.65 bits per heavy atom. The highest BCUT2D eigenvalue weighted by molar-refractivity contribution is 5.75. The van der Waals surface area contributed by atoms with Crippen LogP contribution in [0, 0.1) is 5.82 Å². The molecule has 31 heavy (non-hydrogen) atoms. The van der Waals surface area contributed by atoms with Crippen LogP contribution < -0.4 is 9.80 Å². The van der Waals surface area contributed by atoms with E-state index in [1.807, 2.05) is 12.1 Å². The van der Waals surface area contributed by atoms with Crippen LogP contribution in [0.1, 0.15) is 35.1 Å². The van der Waals surface area contributed by atoms with Crippen molar-refractivity contribution in [3.05, 3.63) is 94.8 Å². The molecule has 0 spiro atoms. The van der Waals surface area contributed by atoms with Crippen LogP contribution in [0.25, 0.3) is 0 Å². The Balaban J connectivity index is 1.57. The van der Waals surface area contributed by atoms with Gasteiger partial charge in [0.2, 0.25) is 0 Å². The number of fused-ring (bicyclic) bond motifs is 1. The number of aryl methyl sites for hydroxylation is 2. The van der Waals surface area contributed by atoms with Gasteiger partial charge in [-0.3, -0.25) is 0 Å². The Morgan fingerprint density at radius 1 is 1.03 bits per heavy atom. The second-order valence-electron chi connectivity index (χ2n) is 8.28. The Bertz CT molecular complexity index is 1030. The summed E-state index contributed by atoms with van der Waals surface area (Å²) < 4.78 is 14.5. The first-order valence-corrected chi connectivity index (χ1v) is 11.0. The van der Waals surface area contributed by atoms with Crippen LogP contribution in [0.5, 0.6) is 0 Å². The minimum absolute atomic E-state index is 0.228. The van der Waals surface area contributed by atoms with Gasteiger partial charge < -0.3 is 14.6 Å². The number of nitrogens with zero attached hydrogens (tertiary/aromatic N) is 2. The van der Waals surface area contributed by atoms with Crippen LogP contribution >= 0.6 is 0 Å². The zero-order chi connectivity index (χ0) is 21.6. The predicted molar refractivity (Wildman–Crippen MR) is 125 cm³/mol. The van der Waals surface area contributed by atoms with Crippen LogP contribution in [-0.4, -0.2) is 19.9 Å². The van der Waals surface area contributed by atoms with Gasteiger partial charge in [0.25, 0.3) is 0 Å². The minimum atomic E-state index is -0.228. The zero-order valence-electron chi connectivity index (χ0n) is 18.1. The van der Waals surface area contributed by atoms with Crippen molar-refractivity contribution in [3.63, 3.8) is 0 Å². The van der Waals surface area contributed by atoms with Crippen molar-refractivity contribution >= 4 is 17.7 Å². The predicted octanol–water partition coefficient (Wildman–Crippen LogP) is 5.55. The molecule has 0 radical (unpaired) electrons. The van der Waals surface area contributed by atoms with E-state index in [4.69, 9.17) is 0 Å². The van der Waals surface area contributed by atoms with Gasteiger partial charge in [0.15, 0.2) is 0 Å². The van der Waals surface area contributed by atoms with Crippen molar-refractivity contribution in [2.24, 2.45) is 0 Å². The van der Waals surface area contributed by atoms with Gasteiger partial charge in [0, 0.05) is 33.1 Å². The van der Waals surface area contributed by atoms with E-state index in [0.717, 1.165) is 37.8 Å². The van der Waals surface area contributed by atoms with E-state index in [-0.39, 0.29) is 5.82 Å². The van der Waals surface area contributed by atoms with Gasteiger partial charge in [0.05, 0.1) is 11.4 Å². The second-order valence-corrected chi connectivity index (χ2v) is 8.28. The molecule has 3 aromatic carbocycles. The third kappa shape index (κ3) is 4.96. The SMILES string of the molecule is CN(Cc1ccc(CCC=O)c(F)c1)c1cccc2c1N(Cc1ccccc1)CCC2. The lowest BCUT2D eigenvalue weighted by Crippen LogP contribution is -2.31. The van der Waals surface area contributed by atoms with E-state index >= 15 is 0 Å². The first-order chi connectivity index (χ1) is 15.2. The quantitative estimate of drug-likeness (QED) is 0.450.